The Balaban J connectivity index is 1.08. The quantitative estimate of drug-likeness (QED) is 0.335. The molecule has 9 nitrogen and oxygen atoms in total. The van der Waals surface area contributed by atoms with Crippen LogP contribution in [-0.4, -0.2) is 63.9 Å². The number of carboxylic acids is 1. The van der Waals surface area contributed by atoms with Gasteiger partial charge in [-0.05, 0) is 55.3 Å². The summed E-state index contributed by atoms with van der Waals surface area (Å²) in [5.74, 6) is 0.284. The smallest absolute Gasteiger partial charge is 0.335 e. The van der Waals surface area contributed by atoms with E-state index >= 15 is 0 Å². The molecular weight excluding hydrogens is 537 g/mol. The maximum absolute atomic E-state index is 14.4. The highest BCUT2D eigenvalue weighted by molar-refractivity contribution is 5.92. The van der Waals surface area contributed by atoms with Gasteiger partial charge in [0.2, 0.25) is 0 Å². The van der Waals surface area contributed by atoms with E-state index in [9.17, 15) is 14.3 Å². The van der Waals surface area contributed by atoms with Crippen LogP contribution in [0, 0.1) is 17.1 Å². The van der Waals surface area contributed by atoms with Crippen LogP contribution in [0.15, 0.2) is 54.6 Å². The van der Waals surface area contributed by atoms with E-state index in [4.69, 9.17) is 19.7 Å². The van der Waals surface area contributed by atoms with Gasteiger partial charge in [-0.1, -0.05) is 12.1 Å². The molecule has 2 fully saturated rings. The van der Waals surface area contributed by atoms with Gasteiger partial charge in [0.1, 0.15) is 24.0 Å². The number of carboxylic acid groups (broad SMARTS) is 1. The number of carbonyl (C=O) groups is 1. The molecule has 0 amide bonds. The fraction of sp³-hybridized carbons (Fsp3) is 0.344. The summed E-state index contributed by atoms with van der Waals surface area (Å²) in [4.78, 5) is 21.4. The first-order chi connectivity index (χ1) is 20.5. The zero-order valence-electron chi connectivity index (χ0n) is 23.0. The Morgan fingerprint density at radius 1 is 1.19 bits per heavy atom. The molecule has 3 aromatic carbocycles. The number of ether oxygens (including phenoxy) is 2. The van der Waals surface area contributed by atoms with Gasteiger partial charge in [-0.3, -0.25) is 4.90 Å². The Labute approximate surface area is 242 Å². The van der Waals surface area contributed by atoms with E-state index < -0.39 is 11.8 Å². The summed E-state index contributed by atoms with van der Waals surface area (Å²) in [5, 5.41) is 18.5. The van der Waals surface area contributed by atoms with Gasteiger partial charge >= 0.3 is 5.97 Å². The molecule has 0 saturated carbocycles. The molecule has 2 atom stereocenters. The summed E-state index contributed by atoms with van der Waals surface area (Å²) in [6.07, 6.45) is 1.93. The Bertz CT molecular complexity index is 1730. The molecule has 10 heteroatoms. The third-order valence-corrected chi connectivity index (χ3v) is 8.61. The third kappa shape index (κ3) is 4.85. The van der Waals surface area contributed by atoms with Crippen LogP contribution in [-0.2, 0) is 30.9 Å². The van der Waals surface area contributed by atoms with Crippen LogP contribution in [0.25, 0.3) is 11.0 Å². The normalized spacial score (nSPS) is 19.7. The first kappa shape index (κ1) is 26.4. The summed E-state index contributed by atoms with van der Waals surface area (Å²) in [5.41, 5.74) is 4.87. The second kappa shape index (κ2) is 10.7. The lowest BCUT2D eigenvalue weighted by Gasteiger charge is -2.39. The van der Waals surface area contributed by atoms with E-state index in [-0.39, 0.29) is 29.9 Å². The van der Waals surface area contributed by atoms with Crippen molar-refractivity contribution in [3.8, 4) is 11.8 Å². The highest BCUT2D eigenvalue weighted by Gasteiger charge is 2.36. The summed E-state index contributed by atoms with van der Waals surface area (Å²) >= 11 is 0. The summed E-state index contributed by atoms with van der Waals surface area (Å²) in [7, 11) is 0. The monoisotopic (exact) mass is 567 g/mol. The lowest BCUT2D eigenvalue weighted by Crippen LogP contribution is -2.51. The number of nitriles is 1. The van der Waals surface area contributed by atoms with E-state index in [1.165, 1.54) is 6.07 Å². The van der Waals surface area contributed by atoms with Crippen LogP contribution in [0.5, 0.6) is 5.75 Å². The molecule has 4 heterocycles. The molecule has 0 aliphatic carbocycles. The zero-order valence-corrected chi connectivity index (χ0v) is 23.0. The lowest BCUT2D eigenvalue weighted by molar-refractivity contribution is -0.0592. The first-order valence-corrected chi connectivity index (χ1v) is 14.2. The van der Waals surface area contributed by atoms with Crippen LogP contribution < -0.4 is 9.64 Å². The Morgan fingerprint density at radius 3 is 2.83 bits per heavy atom. The fourth-order valence-corrected chi connectivity index (χ4v) is 6.31. The molecule has 1 aromatic heterocycles. The second-order valence-corrected chi connectivity index (χ2v) is 11.2. The van der Waals surface area contributed by atoms with Gasteiger partial charge in [0, 0.05) is 49.1 Å². The number of piperazine rings is 1. The van der Waals surface area contributed by atoms with Gasteiger partial charge in [0.15, 0.2) is 0 Å². The van der Waals surface area contributed by atoms with Crippen LogP contribution in [0.3, 0.4) is 0 Å². The molecule has 0 bridgehead atoms. The highest BCUT2D eigenvalue weighted by atomic mass is 19.1. The van der Waals surface area contributed by atoms with Crippen molar-refractivity contribution in [2.75, 3.05) is 31.1 Å². The minimum Gasteiger partial charge on any atom is -0.488 e. The molecule has 3 aliphatic heterocycles. The van der Waals surface area contributed by atoms with Crippen molar-refractivity contribution in [1.29, 1.82) is 5.26 Å². The first-order valence-electron chi connectivity index (χ1n) is 14.2. The summed E-state index contributed by atoms with van der Waals surface area (Å²) in [6, 6.07) is 17.8. The summed E-state index contributed by atoms with van der Waals surface area (Å²) in [6.45, 7) is 4.74. The number of benzene rings is 3. The van der Waals surface area contributed by atoms with Gasteiger partial charge < -0.3 is 24.0 Å². The maximum Gasteiger partial charge on any atom is 0.335 e. The second-order valence-electron chi connectivity index (χ2n) is 11.2. The van der Waals surface area contributed by atoms with Crippen molar-refractivity contribution in [3.63, 3.8) is 0 Å². The van der Waals surface area contributed by atoms with Crippen LogP contribution in [0.1, 0.15) is 39.3 Å². The topological polar surface area (TPSA) is 104 Å². The molecular formula is C32H30FN5O4. The van der Waals surface area contributed by atoms with Crippen molar-refractivity contribution in [2.24, 2.45) is 0 Å². The molecule has 214 valence electrons. The average molecular weight is 568 g/mol. The number of fused-ring (bicyclic) bond motifs is 4. The van der Waals surface area contributed by atoms with Crippen molar-refractivity contribution < 1.29 is 23.8 Å². The van der Waals surface area contributed by atoms with E-state index in [0.717, 1.165) is 72.9 Å². The van der Waals surface area contributed by atoms with Crippen molar-refractivity contribution in [2.45, 2.75) is 44.7 Å². The Kier molecular flexibility index (Phi) is 6.76. The number of rotatable bonds is 8. The zero-order chi connectivity index (χ0) is 28.8. The Morgan fingerprint density at radius 2 is 2.07 bits per heavy atom. The maximum atomic E-state index is 14.4. The Hall–Kier alpha value is -4.46. The molecule has 3 aliphatic rings. The molecule has 4 aromatic rings. The van der Waals surface area contributed by atoms with Crippen LogP contribution in [0.4, 0.5) is 10.1 Å². The van der Waals surface area contributed by atoms with Gasteiger partial charge in [-0.25, -0.2) is 14.2 Å². The number of hydrogen-bond acceptors (Lipinski definition) is 7. The summed E-state index contributed by atoms with van der Waals surface area (Å²) < 4.78 is 28.4. The third-order valence-electron chi connectivity index (χ3n) is 8.61. The number of imidazole rings is 1. The van der Waals surface area contributed by atoms with E-state index in [0.29, 0.717) is 18.7 Å². The molecule has 0 radical (unpaired) electrons. The largest absolute Gasteiger partial charge is 0.488 e. The SMILES string of the molecule is N#Cc1ccc(COc2cccc3c2CC2CN(Cc4nc5ccc(C(=O)O)cc5n4C[C@@H]4CCO4)CCN32)c(F)c1. The molecule has 1 N–H and O–H groups in total. The van der Waals surface area contributed by atoms with Gasteiger partial charge in [-0.2, -0.15) is 5.26 Å². The van der Waals surface area contributed by atoms with Gasteiger partial charge in [0.05, 0.1) is 47.4 Å². The average Bonchev–Trinajstić information content (AvgIpc) is 3.51. The predicted octanol–water partition coefficient (Wildman–Crippen LogP) is 4.36. The number of halogens is 1. The van der Waals surface area contributed by atoms with E-state index in [1.807, 2.05) is 18.2 Å². The number of aromatic carboxylic acids is 1. The molecule has 2 saturated heterocycles. The highest BCUT2D eigenvalue weighted by Crippen LogP contribution is 2.40. The predicted molar refractivity (Wildman–Crippen MR) is 153 cm³/mol. The van der Waals surface area contributed by atoms with E-state index in [2.05, 4.69) is 20.4 Å². The molecule has 1 unspecified atom stereocenters. The van der Waals surface area contributed by atoms with E-state index in [1.54, 1.807) is 30.3 Å². The standard InChI is InChI=1S/C32H30FN5O4/c33-26-12-20(15-34)4-5-22(26)19-42-30-3-1-2-28-25(30)14-23-16-36(9-10-37(23)28)18-31-35-27-7-6-21(32(39)40)13-29(27)38(31)17-24-8-11-41-24/h1-7,12-13,23-24H,8-11,14,16-19H2,(H,39,40)/t23?,24-/m0/s1. The minimum atomic E-state index is -0.951. The van der Waals surface area contributed by atoms with Crippen molar-refractivity contribution >= 4 is 22.7 Å². The van der Waals surface area contributed by atoms with Crippen molar-refractivity contribution in [3.05, 3.63) is 88.5 Å². The lowest BCUT2D eigenvalue weighted by atomic mass is 10.1. The number of nitrogens with zero attached hydrogens (tertiary/aromatic N) is 5. The van der Waals surface area contributed by atoms with Gasteiger partial charge in [0.25, 0.3) is 0 Å². The van der Waals surface area contributed by atoms with Gasteiger partial charge in [-0.15, -0.1) is 0 Å². The molecule has 0 spiro atoms. The molecule has 7 rings (SSSR count). The number of anilines is 1. The number of aromatic nitrogens is 2. The molecule has 42 heavy (non-hydrogen) atoms. The van der Waals surface area contributed by atoms with Crippen LogP contribution in [0.2, 0.25) is 0 Å². The minimum absolute atomic E-state index is 0.0926. The number of hydrogen-bond donors (Lipinski definition) is 1. The van der Waals surface area contributed by atoms with Crippen molar-refractivity contribution in [1.82, 2.24) is 14.5 Å². The fourth-order valence-electron chi connectivity index (χ4n) is 6.31. The van der Waals surface area contributed by atoms with Crippen LogP contribution >= 0.6 is 0 Å².